The van der Waals surface area contributed by atoms with Crippen molar-refractivity contribution in [1.82, 2.24) is 19.3 Å². The van der Waals surface area contributed by atoms with Gasteiger partial charge < -0.3 is 5.73 Å². The van der Waals surface area contributed by atoms with Gasteiger partial charge in [-0.05, 0) is 6.92 Å². The molecule has 0 aromatic carbocycles. The molecule has 0 aliphatic rings. The summed E-state index contributed by atoms with van der Waals surface area (Å²) in [6, 6.07) is 0. The number of hydrogen-bond donors (Lipinski definition) is 1. The molecule has 2 N–H and O–H groups in total. The molecule has 6 nitrogen and oxygen atoms in total. The van der Waals surface area contributed by atoms with Crippen LogP contribution in [-0.2, 0) is 24.4 Å². The number of nitrogen functional groups attached to an aromatic ring is 1. The molecule has 1 unspecified atom stereocenters. The van der Waals surface area contributed by atoms with Gasteiger partial charge in [0, 0.05) is 36.4 Å². The number of anilines is 1. The largest absolute Gasteiger partial charge is 0.369 e. The zero-order valence-electron chi connectivity index (χ0n) is 9.60. The van der Waals surface area contributed by atoms with Crippen molar-refractivity contribution >= 4 is 27.9 Å². The van der Waals surface area contributed by atoms with Crippen molar-refractivity contribution in [2.24, 2.45) is 7.05 Å². The van der Waals surface area contributed by atoms with E-state index >= 15 is 0 Å². The second-order valence-corrected chi connectivity index (χ2v) is 5.33. The molecular weight excluding hydrogens is 226 g/mol. The van der Waals surface area contributed by atoms with E-state index in [9.17, 15) is 4.21 Å². The normalized spacial score (nSPS) is 13.4. The Balaban J connectivity index is 2.50. The van der Waals surface area contributed by atoms with E-state index < -0.39 is 10.8 Å². The number of aromatic nitrogens is 4. The van der Waals surface area contributed by atoms with Gasteiger partial charge in [-0.3, -0.25) is 13.5 Å². The maximum atomic E-state index is 11.1. The van der Waals surface area contributed by atoms with Crippen LogP contribution in [0.3, 0.4) is 0 Å². The summed E-state index contributed by atoms with van der Waals surface area (Å²) in [4.78, 5) is 4.27. The predicted octanol–water partition coefficient (Wildman–Crippen LogP) is 0.0389. The fourth-order valence-corrected chi connectivity index (χ4v) is 2.23. The summed E-state index contributed by atoms with van der Waals surface area (Å²) in [6.45, 7) is 2.50. The third-order valence-corrected chi connectivity index (χ3v) is 3.28. The average Bonchev–Trinajstić information content (AvgIpc) is 2.63. The predicted molar refractivity (Wildman–Crippen MR) is 64.6 cm³/mol. The Morgan fingerprint density at radius 1 is 1.50 bits per heavy atom. The highest BCUT2D eigenvalue weighted by Crippen LogP contribution is 2.19. The van der Waals surface area contributed by atoms with E-state index in [1.54, 1.807) is 10.9 Å². The van der Waals surface area contributed by atoms with E-state index in [-0.39, 0.29) is 0 Å². The minimum atomic E-state index is -0.835. The first-order valence-electron chi connectivity index (χ1n) is 4.96. The van der Waals surface area contributed by atoms with Crippen LogP contribution in [0.15, 0.2) is 0 Å². The minimum Gasteiger partial charge on any atom is -0.369 e. The van der Waals surface area contributed by atoms with Gasteiger partial charge in [-0.1, -0.05) is 0 Å². The fourth-order valence-electron chi connectivity index (χ4n) is 1.79. The molecule has 0 spiro atoms. The van der Waals surface area contributed by atoms with Crippen molar-refractivity contribution in [3.63, 3.8) is 0 Å². The standard InChI is InChI=1S/C9H15N5OS/c1-6-7-8(13(2)12-6)14(9(10)11-7)4-5-16(3)15/h4-5H2,1-3H3,(H2,10,11). The molecule has 0 saturated carbocycles. The fraction of sp³-hybridized carbons (Fsp3) is 0.556. The molecule has 0 aliphatic heterocycles. The third kappa shape index (κ3) is 1.71. The summed E-state index contributed by atoms with van der Waals surface area (Å²) in [5, 5.41) is 4.28. The van der Waals surface area contributed by atoms with Crippen LogP contribution in [0.5, 0.6) is 0 Å². The maximum Gasteiger partial charge on any atom is 0.202 e. The van der Waals surface area contributed by atoms with Gasteiger partial charge in [0.15, 0.2) is 5.65 Å². The zero-order chi connectivity index (χ0) is 11.9. The molecule has 2 aromatic heterocycles. The lowest BCUT2D eigenvalue weighted by molar-refractivity contribution is 0.675. The number of fused-ring (bicyclic) bond motifs is 1. The van der Waals surface area contributed by atoms with Gasteiger partial charge in [-0.25, -0.2) is 4.98 Å². The van der Waals surface area contributed by atoms with E-state index in [0.29, 0.717) is 18.2 Å². The van der Waals surface area contributed by atoms with Gasteiger partial charge in [0.1, 0.15) is 5.52 Å². The summed E-state index contributed by atoms with van der Waals surface area (Å²) >= 11 is 0. The molecule has 88 valence electrons. The first kappa shape index (κ1) is 11.1. The van der Waals surface area contributed by atoms with E-state index in [1.807, 2.05) is 18.5 Å². The van der Waals surface area contributed by atoms with Gasteiger partial charge in [0.05, 0.1) is 5.69 Å². The Bertz CT molecular complexity index is 556. The van der Waals surface area contributed by atoms with Crippen LogP contribution in [0.25, 0.3) is 11.2 Å². The summed E-state index contributed by atoms with van der Waals surface area (Å²) in [5.74, 6) is 1.02. The Morgan fingerprint density at radius 2 is 2.19 bits per heavy atom. The smallest absolute Gasteiger partial charge is 0.202 e. The van der Waals surface area contributed by atoms with E-state index in [4.69, 9.17) is 5.73 Å². The minimum absolute atomic E-state index is 0.455. The Labute approximate surface area is 95.9 Å². The van der Waals surface area contributed by atoms with Gasteiger partial charge in [0.25, 0.3) is 0 Å². The number of nitrogens with two attached hydrogens (primary N) is 1. The molecule has 1 atom stereocenters. The Morgan fingerprint density at radius 3 is 2.81 bits per heavy atom. The molecule has 7 heteroatoms. The average molecular weight is 241 g/mol. The van der Waals surface area contributed by atoms with Gasteiger partial charge in [-0.2, -0.15) is 5.10 Å². The lowest BCUT2D eigenvalue weighted by Crippen LogP contribution is -2.11. The third-order valence-electron chi connectivity index (χ3n) is 2.52. The Kier molecular flexibility index (Phi) is 2.71. The van der Waals surface area contributed by atoms with E-state index in [2.05, 4.69) is 10.1 Å². The number of hydrogen-bond acceptors (Lipinski definition) is 4. The van der Waals surface area contributed by atoms with Crippen molar-refractivity contribution in [3.05, 3.63) is 5.69 Å². The Hall–Kier alpha value is -1.37. The van der Waals surface area contributed by atoms with Crippen LogP contribution in [0.4, 0.5) is 5.95 Å². The van der Waals surface area contributed by atoms with Gasteiger partial charge in [-0.15, -0.1) is 0 Å². The van der Waals surface area contributed by atoms with E-state index in [0.717, 1.165) is 16.9 Å². The maximum absolute atomic E-state index is 11.1. The molecule has 2 heterocycles. The molecule has 0 fully saturated rings. The van der Waals surface area contributed by atoms with Crippen molar-refractivity contribution < 1.29 is 4.21 Å². The van der Waals surface area contributed by atoms with Crippen LogP contribution < -0.4 is 5.73 Å². The van der Waals surface area contributed by atoms with Crippen LogP contribution in [0.1, 0.15) is 5.69 Å². The molecule has 0 radical (unpaired) electrons. The lowest BCUT2D eigenvalue weighted by atomic mass is 10.4. The van der Waals surface area contributed by atoms with E-state index in [1.165, 1.54) is 0 Å². The summed E-state index contributed by atoms with van der Waals surface area (Å²) in [5.41, 5.74) is 8.41. The highest BCUT2D eigenvalue weighted by molar-refractivity contribution is 7.84. The highest BCUT2D eigenvalue weighted by atomic mass is 32.2. The first-order chi connectivity index (χ1) is 7.50. The van der Waals surface area contributed by atoms with Crippen molar-refractivity contribution in [1.29, 1.82) is 0 Å². The van der Waals surface area contributed by atoms with Gasteiger partial charge in [0.2, 0.25) is 5.95 Å². The molecule has 16 heavy (non-hydrogen) atoms. The SMILES string of the molecule is Cc1nn(C)c2c1nc(N)n2CCS(C)=O. The number of rotatable bonds is 3. The van der Waals surface area contributed by atoms with Crippen molar-refractivity contribution in [3.8, 4) is 0 Å². The summed E-state index contributed by atoms with van der Waals surface area (Å²) in [7, 11) is 1.02. The topological polar surface area (TPSA) is 78.7 Å². The second-order valence-electron chi connectivity index (χ2n) is 3.78. The molecule has 2 aromatic rings. The zero-order valence-corrected chi connectivity index (χ0v) is 10.4. The lowest BCUT2D eigenvalue weighted by Gasteiger charge is -2.04. The number of imidazole rings is 1. The number of aryl methyl sites for hydroxylation is 3. The van der Waals surface area contributed by atoms with Crippen LogP contribution >= 0.6 is 0 Å². The molecule has 0 bridgehead atoms. The first-order valence-corrected chi connectivity index (χ1v) is 6.68. The van der Waals surface area contributed by atoms with Crippen molar-refractivity contribution in [2.45, 2.75) is 13.5 Å². The molecule has 0 aliphatic carbocycles. The second kappa shape index (κ2) is 3.89. The van der Waals surface area contributed by atoms with Crippen LogP contribution in [0, 0.1) is 6.92 Å². The molecular formula is C9H15N5OS. The monoisotopic (exact) mass is 241 g/mol. The molecule has 0 amide bonds. The summed E-state index contributed by atoms with van der Waals surface area (Å²) < 4.78 is 14.7. The van der Waals surface area contributed by atoms with Crippen LogP contribution in [-0.4, -0.2) is 35.5 Å². The quantitative estimate of drug-likeness (QED) is 0.823. The molecule has 0 saturated heterocycles. The number of nitrogens with zero attached hydrogens (tertiary/aromatic N) is 4. The van der Waals surface area contributed by atoms with Gasteiger partial charge >= 0.3 is 0 Å². The molecule has 2 rings (SSSR count). The highest BCUT2D eigenvalue weighted by Gasteiger charge is 2.15. The van der Waals surface area contributed by atoms with Crippen LogP contribution in [0.2, 0.25) is 0 Å². The summed E-state index contributed by atoms with van der Waals surface area (Å²) in [6.07, 6.45) is 1.68. The van der Waals surface area contributed by atoms with Crippen molar-refractivity contribution in [2.75, 3.05) is 17.7 Å².